The second kappa shape index (κ2) is 7.59. The van der Waals surface area contributed by atoms with Crippen molar-refractivity contribution in [2.75, 3.05) is 18.5 Å². The van der Waals surface area contributed by atoms with Gasteiger partial charge in [-0.2, -0.15) is 0 Å². The zero-order chi connectivity index (χ0) is 16.8. The standard InChI is InChI=1S/C18H20N4O2/c1-2-24-18(23)13-9-10-16(20-12-13)19-11-5-8-17-21-14-6-3-4-7-15(14)22-17/h3-4,6-7,9-10,12H,2,5,8,11H2,1H3,(H,19,20)(H,21,22). The third-order valence-corrected chi connectivity index (χ3v) is 3.61. The lowest BCUT2D eigenvalue weighted by Gasteiger charge is -2.06. The number of H-pyrrole nitrogens is 1. The van der Waals surface area contributed by atoms with E-state index in [-0.39, 0.29) is 5.97 Å². The molecule has 0 aliphatic rings. The van der Waals surface area contributed by atoms with Crippen molar-refractivity contribution < 1.29 is 9.53 Å². The number of ether oxygens (including phenoxy) is 1. The van der Waals surface area contributed by atoms with Crippen LogP contribution in [0.3, 0.4) is 0 Å². The summed E-state index contributed by atoms with van der Waals surface area (Å²) in [4.78, 5) is 23.7. The molecule has 0 fully saturated rings. The van der Waals surface area contributed by atoms with E-state index >= 15 is 0 Å². The van der Waals surface area contributed by atoms with E-state index in [4.69, 9.17) is 4.74 Å². The lowest BCUT2D eigenvalue weighted by Crippen LogP contribution is -2.08. The number of carbonyl (C=O) groups is 1. The number of benzene rings is 1. The van der Waals surface area contributed by atoms with Gasteiger partial charge in [-0.15, -0.1) is 0 Å². The molecule has 6 nitrogen and oxygen atoms in total. The predicted molar refractivity (Wildman–Crippen MR) is 93.1 cm³/mol. The highest BCUT2D eigenvalue weighted by Crippen LogP contribution is 2.12. The summed E-state index contributed by atoms with van der Waals surface area (Å²) < 4.78 is 4.93. The number of esters is 1. The summed E-state index contributed by atoms with van der Waals surface area (Å²) in [7, 11) is 0. The minimum Gasteiger partial charge on any atom is -0.462 e. The van der Waals surface area contributed by atoms with Gasteiger partial charge in [-0.05, 0) is 37.6 Å². The molecule has 3 aromatic rings. The molecule has 0 atom stereocenters. The first-order valence-corrected chi connectivity index (χ1v) is 8.07. The van der Waals surface area contributed by atoms with E-state index in [0.717, 1.165) is 42.1 Å². The van der Waals surface area contributed by atoms with Gasteiger partial charge in [0.1, 0.15) is 11.6 Å². The van der Waals surface area contributed by atoms with Gasteiger partial charge in [0.2, 0.25) is 0 Å². The average Bonchev–Trinajstić information content (AvgIpc) is 3.02. The van der Waals surface area contributed by atoms with Crippen molar-refractivity contribution >= 4 is 22.8 Å². The van der Waals surface area contributed by atoms with Gasteiger partial charge in [0.15, 0.2) is 0 Å². The zero-order valence-electron chi connectivity index (χ0n) is 13.6. The molecule has 0 unspecified atom stereocenters. The van der Waals surface area contributed by atoms with Gasteiger partial charge in [0.05, 0.1) is 23.2 Å². The van der Waals surface area contributed by atoms with Crippen LogP contribution in [-0.2, 0) is 11.2 Å². The number of para-hydroxylation sites is 2. The number of aryl methyl sites for hydroxylation is 1. The molecule has 6 heteroatoms. The van der Waals surface area contributed by atoms with Crippen molar-refractivity contribution in [1.29, 1.82) is 0 Å². The molecule has 2 N–H and O–H groups in total. The third-order valence-electron chi connectivity index (χ3n) is 3.61. The Balaban J connectivity index is 1.47. The molecule has 0 saturated heterocycles. The number of fused-ring (bicyclic) bond motifs is 1. The van der Waals surface area contributed by atoms with Crippen molar-refractivity contribution in [1.82, 2.24) is 15.0 Å². The number of hydrogen-bond acceptors (Lipinski definition) is 5. The maximum absolute atomic E-state index is 11.6. The van der Waals surface area contributed by atoms with Crippen LogP contribution in [0.1, 0.15) is 29.5 Å². The Morgan fingerprint density at radius 3 is 2.88 bits per heavy atom. The second-order valence-electron chi connectivity index (χ2n) is 5.38. The highest BCUT2D eigenvalue weighted by molar-refractivity contribution is 5.89. The van der Waals surface area contributed by atoms with Gasteiger partial charge in [0.25, 0.3) is 0 Å². The second-order valence-corrected chi connectivity index (χ2v) is 5.38. The number of aromatic amines is 1. The topological polar surface area (TPSA) is 79.9 Å². The number of pyridine rings is 1. The van der Waals surface area contributed by atoms with Crippen LogP contribution in [0.5, 0.6) is 0 Å². The summed E-state index contributed by atoms with van der Waals surface area (Å²) in [6, 6.07) is 11.5. The minimum atomic E-state index is -0.346. The normalized spacial score (nSPS) is 10.7. The van der Waals surface area contributed by atoms with Crippen LogP contribution in [0, 0.1) is 0 Å². The number of hydrogen-bond donors (Lipinski definition) is 2. The summed E-state index contributed by atoms with van der Waals surface area (Å²) in [6.45, 7) is 2.92. The van der Waals surface area contributed by atoms with E-state index in [9.17, 15) is 4.79 Å². The predicted octanol–water partition coefficient (Wildman–Crippen LogP) is 3.18. The Hall–Kier alpha value is -2.89. The number of carbonyl (C=O) groups excluding carboxylic acids is 1. The Bertz CT molecular complexity index is 778. The molecule has 0 amide bonds. The monoisotopic (exact) mass is 324 g/mol. The first-order valence-electron chi connectivity index (χ1n) is 8.07. The van der Waals surface area contributed by atoms with Gasteiger partial charge >= 0.3 is 5.97 Å². The van der Waals surface area contributed by atoms with Gasteiger partial charge in [-0.25, -0.2) is 14.8 Å². The quantitative estimate of drug-likeness (QED) is 0.515. The maximum atomic E-state index is 11.6. The molecule has 0 spiro atoms. The first-order chi connectivity index (χ1) is 11.8. The van der Waals surface area contributed by atoms with Crippen LogP contribution >= 0.6 is 0 Å². The largest absolute Gasteiger partial charge is 0.462 e. The molecular weight excluding hydrogens is 304 g/mol. The molecule has 0 radical (unpaired) electrons. The van der Waals surface area contributed by atoms with Crippen molar-refractivity contribution in [3.63, 3.8) is 0 Å². The Morgan fingerprint density at radius 1 is 1.25 bits per heavy atom. The molecule has 0 aliphatic carbocycles. The average molecular weight is 324 g/mol. The summed E-state index contributed by atoms with van der Waals surface area (Å²) in [6.07, 6.45) is 3.32. The van der Waals surface area contributed by atoms with E-state index in [1.165, 1.54) is 6.20 Å². The number of nitrogens with one attached hydrogen (secondary N) is 2. The van der Waals surface area contributed by atoms with Gasteiger partial charge < -0.3 is 15.0 Å². The van der Waals surface area contributed by atoms with E-state index in [2.05, 4.69) is 20.3 Å². The van der Waals surface area contributed by atoms with Crippen LogP contribution < -0.4 is 5.32 Å². The van der Waals surface area contributed by atoms with Crippen LogP contribution in [0.4, 0.5) is 5.82 Å². The maximum Gasteiger partial charge on any atom is 0.339 e. The molecule has 124 valence electrons. The molecule has 3 rings (SSSR count). The van der Waals surface area contributed by atoms with E-state index in [0.29, 0.717) is 12.2 Å². The van der Waals surface area contributed by atoms with Crippen molar-refractivity contribution in [2.45, 2.75) is 19.8 Å². The summed E-state index contributed by atoms with van der Waals surface area (Å²) in [5.74, 6) is 1.39. The first kappa shape index (κ1) is 16.0. The Labute approximate surface area is 140 Å². The number of imidazole rings is 1. The fourth-order valence-corrected chi connectivity index (χ4v) is 2.43. The smallest absolute Gasteiger partial charge is 0.339 e. The van der Waals surface area contributed by atoms with Crippen LogP contribution in [0.25, 0.3) is 11.0 Å². The number of rotatable bonds is 7. The lowest BCUT2D eigenvalue weighted by atomic mass is 10.2. The van der Waals surface area contributed by atoms with Gasteiger partial charge in [-0.3, -0.25) is 0 Å². The Morgan fingerprint density at radius 2 is 2.12 bits per heavy atom. The minimum absolute atomic E-state index is 0.346. The van der Waals surface area contributed by atoms with Crippen LogP contribution in [0.2, 0.25) is 0 Å². The number of aromatic nitrogens is 3. The molecular formula is C18H20N4O2. The highest BCUT2D eigenvalue weighted by Gasteiger charge is 2.06. The van der Waals surface area contributed by atoms with Crippen LogP contribution in [-0.4, -0.2) is 34.1 Å². The summed E-state index contributed by atoms with van der Waals surface area (Å²) in [5.41, 5.74) is 2.53. The van der Waals surface area contributed by atoms with E-state index < -0.39 is 0 Å². The fraction of sp³-hybridized carbons (Fsp3) is 0.278. The molecule has 1 aromatic carbocycles. The molecule has 24 heavy (non-hydrogen) atoms. The van der Waals surface area contributed by atoms with Gasteiger partial charge in [-0.1, -0.05) is 12.1 Å². The number of nitrogens with zero attached hydrogens (tertiary/aromatic N) is 2. The van der Waals surface area contributed by atoms with Crippen LogP contribution in [0.15, 0.2) is 42.6 Å². The van der Waals surface area contributed by atoms with Gasteiger partial charge in [0, 0.05) is 19.2 Å². The summed E-state index contributed by atoms with van der Waals surface area (Å²) >= 11 is 0. The van der Waals surface area contributed by atoms with Crippen molar-refractivity contribution in [3.8, 4) is 0 Å². The zero-order valence-corrected chi connectivity index (χ0v) is 13.6. The molecule has 0 aliphatic heterocycles. The van der Waals surface area contributed by atoms with E-state index in [1.807, 2.05) is 24.3 Å². The lowest BCUT2D eigenvalue weighted by molar-refractivity contribution is 0.0526. The number of anilines is 1. The van der Waals surface area contributed by atoms with E-state index in [1.54, 1.807) is 19.1 Å². The van der Waals surface area contributed by atoms with Crippen molar-refractivity contribution in [2.24, 2.45) is 0 Å². The SMILES string of the molecule is CCOC(=O)c1ccc(NCCCc2nc3ccccc3[nH]2)nc1. The van der Waals surface area contributed by atoms with Crippen molar-refractivity contribution in [3.05, 3.63) is 54.0 Å². The Kier molecular flexibility index (Phi) is 5.05. The molecule has 2 aromatic heterocycles. The molecule has 2 heterocycles. The summed E-state index contributed by atoms with van der Waals surface area (Å²) in [5, 5.41) is 3.24. The molecule has 0 bridgehead atoms. The highest BCUT2D eigenvalue weighted by atomic mass is 16.5. The third kappa shape index (κ3) is 3.90. The molecule has 0 saturated carbocycles. The fourth-order valence-electron chi connectivity index (χ4n) is 2.43.